The van der Waals surface area contributed by atoms with E-state index in [1.807, 2.05) is 30.3 Å². The lowest BCUT2D eigenvalue weighted by Crippen LogP contribution is -2.60. The van der Waals surface area contributed by atoms with E-state index in [0.717, 1.165) is 43.4 Å². The number of methoxy groups -OCH3 is 1. The highest BCUT2D eigenvalue weighted by molar-refractivity contribution is 5.98. The van der Waals surface area contributed by atoms with E-state index in [9.17, 15) is 9.59 Å². The van der Waals surface area contributed by atoms with Gasteiger partial charge in [0.2, 0.25) is 5.91 Å². The van der Waals surface area contributed by atoms with Gasteiger partial charge in [-0.15, -0.1) is 0 Å². The predicted octanol–water partition coefficient (Wildman–Crippen LogP) is 1.26. The molecule has 2 amide bonds. The summed E-state index contributed by atoms with van der Waals surface area (Å²) in [7, 11) is 7.21. The molecule has 2 aromatic rings. The first-order valence-corrected chi connectivity index (χ1v) is 11.7. The van der Waals surface area contributed by atoms with Crippen LogP contribution < -0.4 is 14.5 Å². The molecule has 182 valence electrons. The highest BCUT2D eigenvalue weighted by Crippen LogP contribution is 2.25. The number of pyridine rings is 1. The molecule has 2 aliphatic heterocycles. The molecule has 0 bridgehead atoms. The molecule has 0 radical (unpaired) electrons. The van der Waals surface area contributed by atoms with Crippen molar-refractivity contribution in [2.75, 3.05) is 83.9 Å². The van der Waals surface area contributed by atoms with Crippen LogP contribution in [0.2, 0.25) is 0 Å². The number of aromatic nitrogens is 1. The SMILES string of the molecule is COc1ccc(N2CCN(C(=O)c3ccnc(N4CCN(C)CC4)c3)C(C(=O)N(C)C)C2)cc1. The van der Waals surface area contributed by atoms with Crippen LogP contribution in [0.4, 0.5) is 11.5 Å². The zero-order valence-electron chi connectivity index (χ0n) is 20.5. The summed E-state index contributed by atoms with van der Waals surface area (Å²) < 4.78 is 5.26. The Morgan fingerprint density at radius 1 is 0.971 bits per heavy atom. The second-order valence-corrected chi connectivity index (χ2v) is 9.08. The topological polar surface area (TPSA) is 72.5 Å². The monoisotopic (exact) mass is 466 g/mol. The van der Waals surface area contributed by atoms with Crippen molar-refractivity contribution in [1.82, 2.24) is 19.7 Å². The van der Waals surface area contributed by atoms with Crippen LogP contribution in [-0.2, 0) is 4.79 Å². The van der Waals surface area contributed by atoms with E-state index in [4.69, 9.17) is 4.74 Å². The van der Waals surface area contributed by atoms with Crippen LogP contribution in [0.15, 0.2) is 42.6 Å². The number of amides is 2. The number of nitrogens with zero attached hydrogens (tertiary/aromatic N) is 6. The van der Waals surface area contributed by atoms with Crippen molar-refractivity contribution in [3.8, 4) is 5.75 Å². The Balaban J connectivity index is 1.54. The van der Waals surface area contributed by atoms with Crippen molar-refractivity contribution in [2.45, 2.75) is 6.04 Å². The molecular formula is C25H34N6O3. The third kappa shape index (κ3) is 5.09. The minimum Gasteiger partial charge on any atom is -0.497 e. The molecule has 3 heterocycles. The number of likely N-dealkylation sites (N-methyl/N-ethyl adjacent to an activating group) is 2. The van der Waals surface area contributed by atoms with E-state index in [2.05, 4.69) is 26.7 Å². The largest absolute Gasteiger partial charge is 0.497 e. The fourth-order valence-electron chi connectivity index (χ4n) is 4.49. The molecule has 1 atom stereocenters. The summed E-state index contributed by atoms with van der Waals surface area (Å²) in [5, 5.41) is 0. The summed E-state index contributed by atoms with van der Waals surface area (Å²) >= 11 is 0. The van der Waals surface area contributed by atoms with Gasteiger partial charge in [-0.05, 0) is 43.4 Å². The molecule has 0 spiro atoms. The fourth-order valence-corrected chi connectivity index (χ4v) is 4.49. The molecule has 1 aromatic carbocycles. The van der Waals surface area contributed by atoms with E-state index >= 15 is 0 Å². The van der Waals surface area contributed by atoms with Crippen molar-refractivity contribution in [1.29, 1.82) is 0 Å². The predicted molar refractivity (Wildman–Crippen MR) is 133 cm³/mol. The molecule has 1 aromatic heterocycles. The van der Waals surface area contributed by atoms with Crippen LogP contribution in [-0.4, -0.2) is 112 Å². The molecule has 0 saturated carbocycles. The number of hydrogen-bond acceptors (Lipinski definition) is 7. The lowest BCUT2D eigenvalue weighted by Gasteiger charge is -2.42. The summed E-state index contributed by atoms with van der Waals surface area (Å²) in [6, 6.07) is 10.8. The van der Waals surface area contributed by atoms with Crippen molar-refractivity contribution < 1.29 is 14.3 Å². The van der Waals surface area contributed by atoms with Gasteiger partial charge < -0.3 is 29.2 Å². The van der Waals surface area contributed by atoms with Gasteiger partial charge in [0.25, 0.3) is 5.91 Å². The van der Waals surface area contributed by atoms with Gasteiger partial charge in [-0.1, -0.05) is 0 Å². The summed E-state index contributed by atoms with van der Waals surface area (Å²) in [6.07, 6.45) is 1.69. The number of carbonyl (C=O) groups is 2. The zero-order chi connectivity index (χ0) is 24.2. The molecule has 1 unspecified atom stereocenters. The summed E-state index contributed by atoms with van der Waals surface area (Å²) in [6.45, 7) is 5.23. The van der Waals surface area contributed by atoms with Gasteiger partial charge >= 0.3 is 0 Å². The molecule has 0 N–H and O–H groups in total. The number of benzene rings is 1. The van der Waals surface area contributed by atoms with Crippen molar-refractivity contribution in [3.05, 3.63) is 48.2 Å². The maximum absolute atomic E-state index is 13.6. The summed E-state index contributed by atoms with van der Waals surface area (Å²) in [4.78, 5) is 41.2. The minimum atomic E-state index is -0.571. The Bertz CT molecular complexity index is 1000. The van der Waals surface area contributed by atoms with E-state index < -0.39 is 6.04 Å². The van der Waals surface area contributed by atoms with E-state index in [0.29, 0.717) is 25.2 Å². The van der Waals surface area contributed by atoms with Gasteiger partial charge in [0, 0.05) is 77.4 Å². The van der Waals surface area contributed by atoms with Crippen LogP contribution in [0.3, 0.4) is 0 Å². The lowest BCUT2D eigenvalue weighted by molar-refractivity contribution is -0.133. The van der Waals surface area contributed by atoms with Gasteiger partial charge in [-0.25, -0.2) is 4.98 Å². The maximum Gasteiger partial charge on any atom is 0.254 e. The van der Waals surface area contributed by atoms with Crippen molar-refractivity contribution in [3.63, 3.8) is 0 Å². The number of anilines is 2. The second-order valence-electron chi connectivity index (χ2n) is 9.08. The lowest BCUT2D eigenvalue weighted by atomic mass is 10.1. The van der Waals surface area contributed by atoms with Gasteiger partial charge in [-0.3, -0.25) is 9.59 Å². The average molecular weight is 467 g/mol. The Morgan fingerprint density at radius 3 is 2.29 bits per heavy atom. The van der Waals surface area contributed by atoms with E-state index in [-0.39, 0.29) is 11.8 Å². The number of ether oxygens (including phenoxy) is 1. The Kier molecular flexibility index (Phi) is 7.21. The maximum atomic E-state index is 13.6. The second kappa shape index (κ2) is 10.3. The third-order valence-corrected chi connectivity index (χ3v) is 6.62. The number of hydrogen-bond donors (Lipinski definition) is 0. The Hall–Kier alpha value is -3.33. The van der Waals surface area contributed by atoms with Gasteiger partial charge in [-0.2, -0.15) is 0 Å². The van der Waals surface area contributed by atoms with Crippen LogP contribution in [0.1, 0.15) is 10.4 Å². The molecule has 4 rings (SSSR count). The molecule has 9 nitrogen and oxygen atoms in total. The average Bonchev–Trinajstić information content (AvgIpc) is 2.88. The summed E-state index contributed by atoms with van der Waals surface area (Å²) in [5.74, 6) is 1.38. The quantitative estimate of drug-likeness (QED) is 0.657. The van der Waals surface area contributed by atoms with Crippen LogP contribution >= 0.6 is 0 Å². The third-order valence-electron chi connectivity index (χ3n) is 6.62. The minimum absolute atomic E-state index is 0.0834. The van der Waals surface area contributed by atoms with Crippen LogP contribution in [0.5, 0.6) is 5.75 Å². The molecular weight excluding hydrogens is 432 g/mol. The fraction of sp³-hybridized carbons (Fsp3) is 0.480. The first-order chi connectivity index (χ1) is 16.4. The molecule has 34 heavy (non-hydrogen) atoms. The standard InChI is InChI=1S/C25H34N6O3/c1-27(2)25(33)22-18-30(20-5-7-21(34-4)8-6-20)15-16-31(22)24(32)19-9-10-26-23(17-19)29-13-11-28(3)12-14-29/h5-10,17,22H,11-16,18H2,1-4H3. The smallest absolute Gasteiger partial charge is 0.254 e. The number of piperazine rings is 2. The van der Waals surface area contributed by atoms with Crippen LogP contribution in [0, 0.1) is 0 Å². The van der Waals surface area contributed by atoms with E-state index in [1.54, 1.807) is 43.3 Å². The summed E-state index contributed by atoms with van der Waals surface area (Å²) in [5.41, 5.74) is 1.57. The molecule has 2 saturated heterocycles. The van der Waals surface area contributed by atoms with Gasteiger partial charge in [0.15, 0.2) is 0 Å². The first-order valence-electron chi connectivity index (χ1n) is 11.7. The molecule has 2 fully saturated rings. The zero-order valence-corrected chi connectivity index (χ0v) is 20.5. The van der Waals surface area contributed by atoms with E-state index in [1.165, 1.54) is 0 Å². The first kappa shape index (κ1) is 23.8. The highest BCUT2D eigenvalue weighted by atomic mass is 16.5. The molecule has 9 heteroatoms. The molecule has 0 aliphatic carbocycles. The van der Waals surface area contributed by atoms with Crippen molar-refractivity contribution in [2.24, 2.45) is 0 Å². The Labute approximate surface area is 201 Å². The van der Waals surface area contributed by atoms with Gasteiger partial charge in [0.1, 0.15) is 17.6 Å². The Morgan fingerprint density at radius 2 is 1.65 bits per heavy atom. The number of carbonyl (C=O) groups excluding carboxylic acids is 2. The van der Waals surface area contributed by atoms with Crippen LogP contribution in [0.25, 0.3) is 0 Å². The van der Waals surface area contributed by atoms with Gasteiger partial charge in [0.05, 0.1) is 7.11 Å². The normalized spacial score (nSPS) is 19.2. The van der Waals surface area contributed by atoms with Crippen molar-refractivity contribution >= 4 is 23.3 Å². The number of rotatable bonds is 5. The highest BCUT2D eigenvalue weighted by Gasteiger charge is 2.37. The molecule has 2 aliphatic rings.